The lowest BCUT2D eigenvalue weighted by Gasteiger charge is -2.27. The molecule has 110 valence electrons. The van der Waals surface area contributed by atoms with Gasteiger partial charge in [0.2, 0.25) is 5.91 Å². The second kappa shape index (κ2) is 6.78. The van der Waals surface area contributed by atoms with Crippen LogP contribution in [0.5, 0.6) is 0 Å². The Bertz CT molecular complexity index is 464. The highest BCUT2D eigenvalue weighted by Crippen LogP contribution is 2.22. The maximum atomic E-state index is 11.9. The highest BCUT2D eigenvalue weighted by molar-refractivity contribution is 9.10. The normalized spacial score (nSPS) is 22.1. The number of nitrogens with one attached hydrogen (secondary N) is 2. The zero-order chi connectivity index (χ0) is 13.2. The van der Waals surface area contributed by atoms with Crippen molar-refractivity contribution in [3.8, 4) is 0 Å². The van der Waals surface area contributed by atoms with Gasteiger partial charge in [0.25, 0.3) is 0 Å². The van der Waals surface area contributed by atoms with Crippen LogP contribution in [0.1, 0.15) is 6.42 Å². The Hall–Kier alpha value is -0.780. The molecule has 4 nitrogen and oxygen atoms in total. The number of benzene rings is 1. The van der Waals surface area contributed by atoms with Gasteiger partial charge in [0.05, 0.1) is 5.92 Å². The van der Waals surface area contributed by atoms with E-state index in [1.54, 1.807) is 0 Å². The summed E-state index contributed by atoms with van der Waals surface area (Å²) in [5, 5.41) is 6.29. The summed E-state index contributed by atoms with van der Waals surface area (Å²) >= 11 is 3.45. The minimum Gasteiger partial charge on any atom is -0.369 e. The number of nitrogens with zero attached hydrogens (tertiary/aromatic N) is 1. The fraction of sp³-hybridized carbons (Fsp3) is 0.500. The predicted molar refractivity (Wildman–Crippen MR) is 86.5 cm³/mol. The minimum atomic E-state index is 0. The molecule has 0 aliphatic carbocycles. The van der Waals surface area contributed by atoms with E-state index >= 15 is 0 Å². The van der Waals surface area contributed by atoms with Gasteiger partial charge in [0.1, 0.15) is 0 Å². The minimum absolute atomic E-state index is 0. The maximum absolute atomic E-state index is 11.9. The molecular formula is C14H19BrClN3O. The molecule has 1 amide bonds. The van der Waals surface area contributed by atoms with Crippen LogP contribution in [0.3, 0.4) is 0 Å². The van der Waals surface area contributed by atoms with Crippen LogP contribution >= 0.6 is 28.3 Å². The number of amides is 1. The Morgan fingerprint density at radius 3 is 2.60 bits per heavy atom. The number of carbonyl (C=O) groups excluding carboxylic acids is 1. The van der Waals surface area contributed by atoms with Crippen molar-refractivity contribution in [3.63, 3.8) is 0 Å². The second-order valence-electron chi connectivity index (χ2n) is 5.27. The van der Waals surface area contributed by atoms with E-state index in [0.29, 0.717) is 0 Å². The standard InChI is InChI=1S/C14H18BrN3O.ClH/c15-11-1-3-13(4-2-11)18-6-5-12(9-18)17-14(19)10-7-16-8-10;/h1-4,10,12,16H,5-9H2,(H,17,19);1H. The summed E-state index contributed by atoms with van der Waals surface area (Å²) in [6.07, 6.45) is 1.03. The number of carbonyl (C=O) groups is 1. The molecule has 2 heterocycles. The number of anilines is 1. The molecule has 1 atom stereocenters. The monoisotopic (exact) mass is 359 g/mol. The summed E-state index contributed by atoms with van der Waals surface area (Å²) in [6.45, 7) is 3.58. The summed E-state index contributed by atoms with van der Waals surface area (Å²) in [4.78, 5) is 14.2. The summed E-state index contributed by atoms with van der Waals surface area (Å²) < 4.78 is 1.10. The lowest BCUT2D eigenvalue weighted by molar-refractivity contribution is -0.127. The Morgan fingerprint density at radius 1 is 1.30 bits per heavy atom. The molecular weight excluding hydrogens is 342 g/mol. The van der Waals surface area contributed by atoms with Crippen LogP contribution in [0.2, 0.25) is 0 Å². The van der Waals surface area contributed by atoms with Crippen LogP contribution in [0.15, 0.2) is 28.7 Å². The van der Waals surface area contributed by atoms with Gasteiger partial charge < -0.3 is 15.5 Å². The van der Waals surface area contributed by atoms with Crippen LogP contribution in [0.4, 0.5) is 5.69 Å². The van der Waals surface area contributed by atoms with Crippen LogP contribution in [0, 0.1) is 5.92 Å². The first kappa shape index (κ1) is 15.6. The van der Waals surface area contributed by atoms with Crippen LogP contribution in [-0.2, 0) is 4.79 Å². The topological polar surface area (TPSA) is 44.4 Å². The van der Waals surface area contributed by atoms with Crippen LogP contribution in [-0.4, -0.2) is 38.1 Å². The molecule has 2 saturated heterocycles. The van der Waals surface area contributed by atoms with Gasteiger partial charge in [0, 0.05) is 42.4 Å². The SMILES string of the molecule is Cl.O=C(NC1CCN(c2ccc(Br)cc2)C1)C1CNC1. The van der Waals surface area contributed by atoms with Crippen LogP contribution in [0.25, 0.3) is 0 Å². The van der Waals surface area contributed by atoms with Gasteiger partial charge in [-0.15, -0.1) is 12.4 Å². The molecule has 2 fully saturated rings. The van der Waals surface area contributed by atoms with Crippen molar-refractivity contribution in [3.05, 3.63) is 28.7 Å². The summed E-state index contributed by atoms with van der Waals surface area (Å²) in [5.41, 5.74) is 1.23. The average Bonchev–Trinajstić information content (AvgIpc) is 2.76. The molecule has 2 N–H and O–H groups in total. The first-order chi connectivity index (χ1) is 9.22. The molecule has 0 saturated carbocycles. The van der Waals surface area contributed by atoms with E-state index in [1.165, 1.54) is 5.69 Å². The second-order valence-corrected chi connectivity index (χ2v) is 6.19. The van der Waals surface area contributed by atoms with Crippen molar-refractivity contribution in [2.75, 3.05) is 31.1 Å². The molecule has 1 unspecified atom stereocenters. The third kappa shape index (κ3) is 3.45. The molecule has 1 aromatic rings. The van der Waals surface area contributed by atoms with Gasteiger partial charge in [-0.25, -0.2) is 0 Å². The van der Waals surface area contributed by atoms with E-state index in [-0.39, 0.29) is 30.3 Å². The fourth-order valence-electron chi connectivity index (χ4n) is 2.56. The molecule has 0 radical (unpaired) electrons. The fourth-order valence-corrected chi connectivity index (χ4v) is 2.82. The Labute approximate surface area is 133 Å². The smallest absolute Gasteiger partial charge is 0.225 e. The van der Waals surface area contributed by atoms with Crippen molar-refractivity contribution >= 4 is 39.9 Å². The Balaban J connectivity index is 0.00000147. The molecule has 2 aliphatic rings. The summed E-state index contributed by atoms with van der Waals surface area (Å²) in [5.74, 6) is 0.392. The third-order valence-electron chi connectivity index (χ3n) is 3.88. The van der Waals surface area contributed by atoms with E-state index in [0.717, 1.165) is 37.1 Å². The molecule has 3 rings (SSSR count). The van der Waals surface area contributed by atoms with E-state index in [2.05, 4.69) is 55.7 Å². The quantitative estimate of drug-likeness (QED) is 0.864. The predicted octanol–water partition coefficient (Wildman–Crippen LogP) is 1.79. The van der Waals surface area contributed by atoms with Gasteiger partial charge in [-0.05, 0) is 30.7 Å². The van der Waals surface area contributed by atoms with Crippen molar-refractivity contribution in [1.82, 2.24) is 10.6 Å². The highest BCUT2D eigenvalue weighted by Gasteiger charge is 2.29. The van der Waals surface area contributed by atoms with Crippen molar-refractivity contribution in [2.45, 2.75) is 12.5 Å². The lowest BCUT2D eigenvalue weighted by Crippen LogP contribution is -2.53. The van der Waals surface area contributed by atoms with Crippen molar-refractivity contribution in [2.24, 2.45) is 5.92 Å². The van der Waals surface area contributed by atoms with Crippen molar-refractivity contribution < 1.29 is 4.79 Å². The summed E-state index contributed by atoms with van der Waals surface area (Å²) in [6, 6.07) is 8.63. The number of hydrogen-bond donors (Lipinski definition) is 2. The Kier molecular flexibility index (Phi) is 5.29. The van der Waals surface area contributed by atoms with Gasteiger partial charge in [-0.1, -0.05) is 15.9 Å². The van der Waals surface area contributed by atoms with E-state index < -0.39 is 0 Å². The van der Waals surface area contributed by atoms with Crippen molar-refractivity contribution in [1.29, 1.82) is 0 Å². The molecule has 6 heteroatoms. The van der Waals surface area contributed by atoms with E-state index in [9.17, 15) is 4.79 Å². The zero-order valence-corrected chi connectivity index (χ0v) is 13.5. The average molecular weight is 361 g/mol. The third-order valence-corrected chi connectivity index (χ3v) is 4.41. The lowest BCUT2D eigenvalue weighted by atomic mass is 10.0. The molecule has 1 aromatic carbocycles. The highest BCUT2D eigenvalue weighted by atomic mass is 79.9. The largest absolute Gasteiger partial charge is 0.369 e. The van der Waals surface area contributed by atoms with Gasteiger partial charge >= 0.3 is 0 Å². The van der Waals surface area contributed by atoms with Gasteiger partial charge in [-0.3, -0.25) is 4.79 Å². The summed E-state index contributed by atoms with van der Waals surface area (Å²) in [7, 11) is 0. The number of rotatable bonds is 3. The van der Waals surface area contributed by atoms with Crippen LogP contribution < -0.4 is 15.5 Å². The zero-order valence-electron chi connectivity index (χ0n) is 11.1. The Morgan fingerprint density at radius 2 is 2.00 bits per heavy atom. The molecule has 20 heavy (non-hydrogen) atoms. The van der Waals surface area contributed by atoms with E-state index in [4.69, 9.17) is 0 Å². The number of hydrogen-bond acceptors (Lipinski definition) is 3. The molecule has 0 aromatic heterocycles. The van der Waals surface area contributed by atoms with Gasteiger partial charge in [-0.2, -0.15) is 0 Å². The van der Waals surface area contributed by atoms with Gasteiger partial charge in [0.15, 0.2) is 0 Å². The molecule has 2 aliphatic heterocycles. The number of halogens is 2. The first-order valence-corrected chi connectivity index (χ1v) is 7.53. The van der Waals surface area contributed by atoms with E-state index in [1.807, 2.05) is 0 Å². The molecule has 0 spiro atoms. The first-order valence-electron chi connectivity index (χ1n) is 6.74. The maximum Gasteiger partial charge on any atom is 0.225 e. The molecule has 0 bridgehead atoms.